The molecule has 2 rings (SSSR count). The van der Waals surface area contributed by atoms with Crippen LogP contribution in [0.3, 0.4) is 0 Å². The lowest BCUT2D eigenvalue weighted by atomic mass is 10.1. The van der Waals surface area contributed by atoms with Crippen molar-refractivity contribution in [2.45, 2.75) is 27.2 Å². The highest BCUT2D eigenvalue weighted by Gasteiger charge is 2.44. The third kappa shape index (κ3) is 2.65. The summed E-state index contributed by atoms with van der Waals surface area (Å²) in [5, 5.41) is 6.63. The van der Waals surface area contributed by atoms with E-state index >= 15 is 0 Å². The molecule has 0 spiro atoms. The van der Waals surface area contributed by atoms with E-state index in [-0.39, 0.29) is 0 Å². The lowest BCUT2D eigenvalue weighted by Crippen LogP contribution is -2.09. The molecule has 88 valence electrons. The van der Waals surface area contributed by atoms with Crippen LogP contribution in [0.4, 0.5) is 11.6 Å². The van der Waals surface area contributed by atoms with Gasteiger partial charge in [-0.25, -0.2) is 4.98 Å². The van der Waals surface area contributed by atoms with Crippen molar-refractivity contribution in [1.82, 2.24) is 4.98 Å². The average molecular weight is 219 g/mol. The van der Waals surface area contributed by atoms with Crippen molar-refractivity contribution >= 4 is 11.6 Å². The largest absolute Gasteiger partial charge is 0.370 e. The normalized spacial score (nSPS) is 21.6. The number of aromatic nitrogens is 1. The molecule has 0 aliphatic heterocycles. The van der Waals surface area contributed by atoms with Gasteiger partial charge in [0, 0.05) is 13.1 Å². The highest BCUT2D eigenvalue weighted by atomic mass is 15.1. The summed E-state index contributed by atoms with van der Waals surface area (Å²) in [5.41, 5.74) is 0.534. The molecule has 3 nitrogen and oxygen atoms in total. The second kappa shape index (κ2) is 4.32. The quantitative estimate of drug-likeness (QED) is 0.799. The predicted molar refractivity (Wildman–Crippen MR) is 68.8 cm³/mol. The maximum atomic E-state index is 4.49. The minimum Gasteiger partial charge on any atom is -0.370 e. The van der Waals surface area contributed by atoms with Gasteiger partial charge in [0.15, 0.2) is 0 Å². The third-order valence-electron chi connectivity index (χ3n) is 3.35. The van der Waals surface area contributed by atoms with Gasteiger partial charge in [-0.2, -0.15) is 0 Å². The van der Waals surface area contributed by atoms with Crippen molar-refractivity contribution in [3.05, 3.63) is 18.2 Å². The van der Waals surface area contributed by atoms with E-state index in [0.717, 1.165) is 30.6 Å². The van der Waals surface area contributed by atoms with Crippen molar-refractivity contribution in [3.8, 4) is 0 Å². The molecule has 0 saturated heterocycles. The molecule has 1 saturated carbocycles. The molecule has 0 bridgehead atoms. The van der Waals surface area contributed by atoms with Crippen LogP contribution in [0.25, 0.3) is 0 Å². The van der Waals surface area contributed by atoms with Gasteiger partial charge < -0.3 is 10.6 Å². The molecule has 16 heavy (non-hydrogen) atoms. The van der Waals surface area contributed by atoms with Gasteiger partial charge in [0.05, 0.1) is 0 Å². The molecule has 1 aromatic heterocycles. The summed E-state index contributed by atoms with van der Waals surface area (Å²) in [6, 6.07) is 6.05. The molecule has 1 aromatic rings. The van der Waals surface area contributed by atoms with Crippen molar-refractivity contribution in [1.29, 1.82) is 0 Å². The summed E-state index contributed by atoms with van der Waals surface area (Å²) in [6.45, 7) is 8.67. The lowest BCUT2D eigenvalue weighted by molar-refractivity contribution is 0.573. The Morgan fingerprint density at radius 1 is 1.31 bits per heavy atom. The number of hydrogen-bond acceptors (Lipinski definition) is 3. The Hall–Kier alpha value is -1.25. The monoisotopic (exact) mass is 219 g/mol. The summed E-state index contributed by atoms with van der Waals surface area (Å²) in [5.74, 6) is 2.72. The van der Waals surface area contributed by atoms with Gasteiger partial charge in [0.25, 0.3) is 0 Å². The molecule has 1 aliphatic rings. The lowest BCUT2D eigenvalue weighted by Gasteiger charge is -2.08. The second-order valence-corrected chi connectivity index (χ2v) is 5.21. The van der Waals surface area contributed by atoms with Crippen molar-refractivity contribution in [3.63, 3.8) is 0 Å². The molecular formula is C13H21N3. The molecule has 2 N–H and O–H groups in total. The predicted octanol–water partition coefficient (Wildman–Crippen LogP) is 2.97. The molecule has 1 heterocycles. The smallest absolute Gasteiger partial charge is 0.128 e. The summed E-state index contributed by atoms with van der Waals surface area (Å²) in [7, 11) is 0. The van der Waals surface area contributed by atoms with Gasteiger partial charge in [0.1, 0.15) is 11.6 Å². The number of nitrogens with one attached hydrogen (secondary N) is 2. The Bertz CT molecular complexity index is 360. The molecule has 0 amide bonds. The second-order valence-electron chi connectivity index (χ2n) is 5.21. The Labute approximate surface area is 97.7 Å². The van der Waals surface area contributed by atoms with Crippen molar-refractivity contribution < 1.29 is 0 Å². The Morgan fingerprint density at radius 3 is 2.50 bits per heavy atom. The van der Waals surface area contributed by atoms with Crippen LogP contribution in [0.5, 0.6) is 0 Å². The zero-order valence-electron chi connectivity index (χ0n) is 10.4. The number of nitrogens with zero attached hydrogens (tertiary/aromatic N) is 1. The van der Waals surface area contributed by atoms with Gasteiger partial charge in [-0.05, 0) is 36.8 Å². The van der Waals surface area contributed by atoms with Gasteiger partial charge >= 0.3 is 0 Å². The maximum absolute atomic E-state index is 4.49. The van der Waals surface area contributed by atoms with Crippen LogP contribution in [0, 0.1) is 11.3 Å². The van der Waals surface area contributed by atoms with Crippen LogP contribution in [-0.4, -0.2) is 18.1 Å². The van der Waals surface area contributed by atoms with E-state index in [0.29, 0.717) is 5.41 Å². The fraction of sp³-hybridized carbons (Fsp3) is 0.615. The minimum absolute atomic E-state index is 0.534. The first-order chi connectivity index (χ1) is 7.62. The van der Waals surface area contributed by atoms with E-state index in [4.69, 9.17) is 0 Å². The van der Waals surface area contributed by atoms with Crippen LogP contribution in [-0.2, 0) is 0 Å². The summed E-state index contributed by atoms with van der Waals surface area (Å²) < 4.78 is 0. The van der Waals surface area contributed by atoms with E-state index in [2.05, 4.69) is 36.4 Å². The van der Waals surface area contributed by atoms with Crippen molar-refractivity contribution in [2.24, 2.45) is 11.3 Å². The van der Waals surface area contributed by atoms with Gasteiger partial charge in [-0.15, -0.1) is 0 Å². The standard InChI is InChI=1S/C13H21N3/c1-4-14-11-6-5-7-12(16-11)15-9-10-8-13(10,2)3/h5-7,10H,4,8-9H2,1-3H3,(H2,14,15,16). The van der Waals surface area contributed by atoms with E-state index in [1.54, 1.807) is 0 Å². The minimum atomic E-state index is 0.534. The first-order valence-corrected chi connectivity index (χ1v) is 6.06. The number of pyridine rings is 1. The Balaban J connectivity index is 1.87. The zero-order valence-corrected chi connectivity index (χ0v) is 10.4. The van der Waals surface area contributed by atoms with Gasteiger partial charge in [-0.3, -0.25) is 0 Å². The number of anilines is 2. The van der Waals surface area contributed by atoms with Gasteiger partial charge in [-0.1, -0.05) is 19.9 Å². The molecular weight excluding hydrogens is 198 g/mol. The van der Waals surface area contributed by atoms with Gasteiger partial charge in [0.2, 0.25) is 0 Å². The van der Waals surface area contributed by atoms with Crippen LogP contribution in [0.2, 0.25) is 0 Å². The van der Waals surface area contributed by atoms with E-state index in [1.807, 2.05) is 18.2 Å². The average Bonchev–Trinajstić information content (AvgIpc) is 2.85. The van der Waals surface area contributed by atoms with E-state index in [1.165, 1.54) is 6.42 Å². The SMILES string of the molecule is CCNc1cccc(NCC2CC2(C)C)n1. The van der Waals surface area contributed by atoms with E-state index in [9.17, 15) is 0 Å². The van der Waals surface area contributed by atoms with Crippen molar-refractivity contribution in [2.75, 3.05) is 23.7 Å². The van der Waals surface area contributed by atoms with Crippen LogP contribution in [0.15, 0.2) is 18.2 Å². The van der Waals surface area contributed by atoms with Crippen LogP contribution >= 0.6 is 0 Å². The highest BCUT2D eigenvalue weighted by Crippen LogP contribution is 2.51. The Kier molecular flexibility index (Phi) is 3.03. The first-order valence-electron chi connectivity index (χ1n) is 6.06. The molecule has 0 radical (unpaired) electrons. The molecule has 3 heteroatoms. The molecule has 1 aliphatic carbocycles. The molecule has 1 atom stereocenters. The summed E-state index contributed by atoms with van der Waals surface area (Å²) >= 11 is 0. The van der Waals surface area contributed by atoms with Crippen LogP contribution in [0.1, 0.15) is 27.2 Å². The fourth-order valence-corrected chi connectivity index (χ4v) is 1.97. The van der Waals surface area contributed by atoms with E-state index < -0.39 is 0 Å². The summed E-state index contributed by atoms with van der Waals surface area (Å²) in [4.78, 5) is 4.49. The Morgan fingerprint density at radius 2 is 1.94 bits per heavy atom. The number of rotatable bonds is 5. The summed E-state index contributed by atoms with van der Waals surface area (Å²) in [6.07, 6.45) is 1.33. The molecule has 1 unspecified atom stereocenters. The molecule has 0 aromatic carbocycles. The third-order valence-corrected chi connectivity index (χ3v) is 3.35. The fourth-order valence-electron chi connectivity index (χ4n) is 1.97. The topological polar surface area (TPSA) is 37.0 Å². The molecule has 1 fully saturated rings. The zero-order chi connectivity index (χ0) is 11.6. The highest BCUT2D eigenvalue weighted by molar-refractivity contribution is 5.45. The van der Waals surface area contributed by atoms with Crippen LogP contribution < -0.4 is 10.6 Å². The first kappa shape index (κ1) is 11.2. The number of hydrogen-bond donors (Lipinski definition) is 2. The maximum Gasteiger partial charge on any atom is 0.128 e.